The van der Waals surface area contributed by atoms with Crippen molar-refractivity contribution in [2.24, 2.45) is 5.73 Å². The predicted octanol–water partition coefficient (Wildman–Crippen LogP) is -3.33. The maximum absolute atomic E-state index is 11.3. The number of ether oxygens (including phenoxy) is 1. The van der Waals surface area contributed by atoms with Gasteiger partial charge in [-0.15, -0.1) is 12.4 Å². The number of hydrogen-bond acceptors (Lipinski definition) is 7. The number of nitrogens with two attached hydrogens (primary N) is 1. The molecule has 0 aliphatic carbocycles. The number of carbonyl (C=O) groups is 1. The Labute approximate surface area is 110 Å². The average molecular weight is 287 g/mol. The van der Waals surface area contributed by atoms with E-state index in [1.54, 1.807) is 0 Å². The van der Waals surface area contributed by atoms with E-state index in [-0.39, 0.29) is 12.4 Å². The van der Waals surface area contributed by atoms with Crippen molar-refractivity contribution in [1.29, 1.82) is 0 Å². The number of nitrogens with one attached hydrogen (secondary N) is 1. The molecule has 1 heterocycles. The molecule has 18 heavy (non-hydrogen) atoms. The summed E-state index contributed by atoms with van der Waals surface area (Å²) in [6.07, 6.45) is -5.46. The topological polar surface area (TPSA) is 145 Å². The van der Waals surface area contributed by atoms with Crippen molar-refractivity contribution in [3.8, 4) is 0 Å². The van der Waals surface area contributed by atoms with Crippen molar-refractivity contribution in [1.82, 2.24) is 5.32 Å². The van der Waals surface area contributed by atoms with Crippen molar-refractivity contribution in [3.63, 3.8) is 0 Å². The van der Waals surface area contributed by atoms with Gasteiger partial charge in [-0.3, -0.25) is 4.79 Å². The Bertz CT molecular complexity index is 280. The molecule has 8 nitrogen and oxygen atoms in total. The maximum atomic E-state index is 11.3. The lowest BCUT2D eigenvalue weighted by Gasteiger charge is -2.40. The summed E-state index contributed by atoms with van der Waals surface area (Å²) in [5, 5.41) is 39.9. The van der Waals surface area contributed by atoms with E-state index >= 15 is 0 Å². The van der Waals surface area contributed by atoms with Crippen LogP contribution in [0.5, 0.6) is 0 Å². The van der Waals surface area contributed by atoms with Crippen LogP contribution in [0.25, 0.3) is 0 Å². The van der Waals surface area contributed by atoms with Gasteiger partial charge in [-0.25, -0.2) is 0 Å². The number of rotatable bonds is 3. The lowest BCUT2D eigenvalue weighted by atomic mass is 9.97. The van der Waals surface area contributed by atoms with E-state index in [9.17, 15) is 20.1 Å². The van der Waals surface area contributed by atoms with Crippen LogP contribution in [0.3, 0.4) is 0 Å². The molecule has 0 aromatic heterocycles. The standard InChI is InChI=1S/C9H18N2O6.ClH/c1-3(10)8(15)11-5-7(14)6(13)4(2-12)17-9(5)16;/h3-7,9,12-14,16H,2,10H2,1H3,(H,11,15);1H/t3-,4+,5+,6+,7+,9+;/m0./s1. The summed E-state index contributed by atoms with van der Waals surface area (Å²) in [5.41, 5.74) is 5.31. The van der Waals surface area contributed by atoms with Gasteiger partial charge in [-0.2, -0.15) is 0 Å². The van der Waals surface area contributed by atoms with E-state index < -0.39 is 49.2 Å². The van der Waals surface area contributed by atoms with Crippen molar-refractivity contribution in [2.75, 3.05) is 6.61 Å². The van der Waals surface area contributed by atoms with Crippen LogP contribution in [0.1, 0.15) is 6.92 Å². The zero-order chi connectivity index (χ0) is 13.2. The minimum Gasteiger partial charge on any atom is -0.394 e. The van der Waals surface area contributed by atoms with E-state index in [1.165, 1.54) is 6.92 Å². The van der Waals surface area contributed by atoms with Crippen LogP contribution >= 0.6 is 12.4 Å². The maximum Gasteiger partial charge on any atom is 0.237 e. The molecule has 1 rings (SSSR count). The van der Waals surface area contributed by atoms with Crippen LogP contribution in [0.4, 0.5) is 0 Å². The van der Waals surface area contributed by atoms with Crippen molar-refractivity contribution in [3.05, 3.63) is 0 Å². The van der Waals surface area contributed by atoms with Gasteiger partial charge in [0.15, 0.2) is 6.29 Å². The third-order valence-electron chi connectivity index (χ3n) is 2.62. The highest BCUT2D eigenvalue weighted by atomic mass is 35.5. The molecule has 1 aliphatic rings. The van der Waals surface area contributed by atoms with E-state index in [0.29, 0.717) is 0 Å². The third kappa shape index (κ3) is 3.75. The first-order valence-electron chi connectivity index (χ1n) is 5.25. The molecular formula is C9H19ClN2O6. The van der Waals surface area contributed by atoms with Crippen LogP contribution in [-0.4, -0.2) is 69.6 Å². The van der Waals surface area contributed by atoms with Crippen LogP contribution in [-0.2, 0) is 9.53 Å². The summed E-state index contributed by atoms with van der Waals surface area (Å²) in [4.78, 5) is 11.3. The molecule has 1 amide bonds. The molecule has 0 radical (unpaired) electrons. The first-order valence-corrected chi connectivity index (χ1v) is 5.25. The van der Waals surface area contributed by atoms with E-state index in [0.717, 1.165) is 0 Å². The van der Waals surface area contributed by atoms with E-state index in [1.807, 2.05) is 0 Å². The molecule has 108 valence electrons. The molecule has 1 fully saturated rings. The molecule has 9 heteroatoms. The largest absolute Gasteiger partial charge is 0.394 e. The van der Waals surface area contributed by atoms with Crippen LogP contribution in [0, 0.1) is 0 Å². The van der Waals surface area contributed by atoms with Crippen LogP contribution in [0.2, 0.25) is 0 Å². The van der Waals surface area contributed by atoms with Crippen LogP contribution < -0.4 is 11.1 Å². The first kappa shape index (κ1) is 17.5. The molecule has 0 aromatic rings. The summed E-state index contributed by atoms with van der Waals surface area (Å²) < 4.78 is 4.85. The Morgan fingerprint density at radius 1 is 1.39 bits per heavy atom. The molecular weight excluding hydrogens is 268 g/mol. The minimum absolute atomic E-state index is 0. The lowest BCUT2D eigenvalue weighted by Crippen LogP contribution is -2.65. The third-order valence-corrected chi connectivity index (χ3v) is 2.62. The second-order valence-corrected chi connectivity index (χ2v) is 4.05. The fourth-order valence-electron chi connectivity index (χ4n) is 1.55. The number of aliphatic hydroxyl groups is 4. The highest BCUT2D eigenvalue weighted by molar-refractivity contribution is 5.85. The summed E-state index contributed by atoms with van der Waals surface area (Å²) in [5.74, 6) is -0.591. The predicted molar refractivity (Wildman–Crippen MR) is 62.8 cm³/mol. The number of carbonyl (C=O) groups excluding carboxylic acids is 1. The second-order valence-electron chi connectivity index (χ2n) is 4.05. The monoisotopic (exact) mass is 286 g/mol. The number of aliphatic hydroxyl groups excluding tert-OH is 4. The molecule has 6 atom stereocenters. The van der Waals surface area contributed by atoms with E-state index in [2.05, 4.69) is 5.32 Å². The van der Waals surface area contributed by atoms with Crippen LogP contribution in [0.15, 0.2) is 0 Å². The Morgan fingerprint density at radius 2 is 1.94 bits per heavy atom. The molecule has 7 N–H and O–H groups in total. The molecule has 0 saturated carbocycles. The Balaban J connectivity index is 0.00000289. The summed E-state index contributed by atoms with van der Waals surface area (Å²) in [6, 6.07) is -2.01. The average Bonchev–Trinajstić information content (AvgIpc) is 2.28. The quantitative estimate of drug-likeness (QED) is 0.318. The van der Waals surface area contributed by atoms with Gasteiger partial charge in [-0.05, 0) is 6.92 Å². The van der Waals surface area contributed by atoms with Gasteiger partial charge in [0.25, 0.3) is 0 Å². The van der Waals surface area contributed by atoms with Gasteiger partial charge in [0, 0.05) is 0 Å². The SMILES string of the molecule is C[C@H](N)C(=O)N[C@@H]1[C@@H](O)[C@H](O)[C@@H](CO)O[C@H]1O.Cl. The Hall–Kier alpha value is -0.480. The van der Waals surface area contributed by atoms with Gasteiger partial charge in [0.2, 0.25) is 5.91 Å². The smallest absolute Gasteiger partial charge is 0.237 e. The van der Waals surface area contributed by atoms with Gasteiger partial charge < -0.3 is 36.2 Å². The molecule has 0 unspecified atom stereocenters. The number of halogens is 1. The molecule has 1 aliphatic heterocycles. The fourth-order valence-corrected chi connectivity index (χ4v) is 1.55. The Morgan fingerprint density at radius 3 is 2.39 bits per heavy atom. The molecule has 0 aromatic carbocycles. The number of amides is 1. The molecule has 0 bridgehead atoms. The Kier molecular flexibility index (Phi) is 7.00. The van der Waals surface area contributed by atoms with Crippen molar-refractivity contribution >= 4 is 18.3 Å². The van der Waals surface area contributed by atoms with E-state index in [4.69, 9.17) is 15.6 Å². The highest BCUT2D eigenvalue weighted by Crippen LogP contribution is 2.19. The van der Waals surface area contributed by atoms with Gasteiger partial charge in [-0.1, -0.05) is 0 Å². The van der Waals surface area contributed by atoms with Crippen molar-refractivity contribution < 1.29 is 30.0 Å². The summed E-state index contributed by atoms with van der Waals surface area (Å²) in [7, 11) is 0. The van der Waals surface area contributed by atoms with Gasteiger partial charge in [0.05, 0.1) is 12.6 Å². The highest BCUT2D eigenvalue weighted by Gasteiger charge is 2.44. The second kappa shape index (κ2) is 7.19. The molecule has 1 saturated heterocycles. The van der Waals surface area contributed by atoms with Gasteiger partial charge in [0.1, 0.15) is 24.4 Å². The van der Waals surface area contributed by atoms with Crippen molar-refractivity contribution in [2.45, 2.75) is 43.6 Å². The molecule has 0 spiro atoms. The normalized spacial score (nSPS) is 37.6. The summed E-state index contributed by atoms with van der Waals surface area (Å²) >= 11 is 0. The lowest BCUT2D eigenvalue weighted by molar-refractivity contribution is -0.253. The van der Waals surface area contributed by atoms with Gasteiger partial charge >= 0.3 is 0 Å². The minimum atomic E-state index is -1.52. The fraction of sp³-hybridized carbons (Fsp3) is 0.889. The zero-order valence-corrected chi connectivity index (χ0v) is 10.6. The first-order chi connectivity index (χ1) is 7.88. The summed E-state index contributed by atoms with van der Waals surface area (Å²) in [6.45, 7) is 0.883. The number of hydrogen-bond donors (Lipinski definition) is 6. The zero-order valence-electron chi connectivity index (χ0n) is 9.76.